The lowest BCUT2D eigenvalue weighted by Crippen LogP contribution is -2.52. The Morgan fingerprint density at radius 2 is 1.75 bits per heavy atom. The van der Waals surface area contributed by atoms with Gasteiger partial charge in [0.15, 0.2) is 0 Å². The Hall–Kier alpha value is -1.39. The number of amides is 1. The van der Waals surface area contributed by atoms with Crippen LogP contribution in [0.1, 0.15) is 44.6 Å². The van der Waals surface area contributed by atoms with E-state index in [-0.39, 0.29) is 11.3 Å². The van der Waals surface area contributed by atoms with Crippen LogP contribution < -0.4 is 10.2 Å². The highest BCUT2D eigenvalue weighted by molar-refractivity contribution is 5.93. The maximum Gasteiger partial charge on any atom is 0.223 e. The van der Waals surface area contributed by atoms with Crippen molar-refractivity contribution in [2.24, 2.45) is 0 Å². The number of likely N-dealkylation sites (tertiary alicyclic amines) is 1. The van der Waals surface area contributed by atoms with Gasteiger partial charge >= 0.3 is 0 Å². The SMILES string of the molecule is CC(=O)N1CCC2(CCN(C3CCNCC3)CC2)c2ccccc21. The number of nitrogens with one attached hydrogen (secondary N) is 1. The molecule has 0 aliphatic carbocycles. The van der Waals surface area contributed by atoms with E-state index in [2.05, 4.69) is 34.5 Å². The van der Waals surface area contributed by atoms with Gasteiger partial charge in [-0.1, -0.05) is 18.2 Å². The summed E-state index contributed by atoms with van der Waals surface area (Å²) in [6.07, 6.45) is 6.17. The van der Waals surface area contributed by atoms with Crippen molar-refractivity contribution >= 4 is 11.6 Å². The topological polar surface area (TPSA) is 35.6 Å². The quantitative estimate of drug-likeness (QED) is 0.861. The van der Waals surface area contributed by atoms with Gasteiger partial charge in [-0.15, -0.1) is 0 Å². The summed E-state index contributed by atoms with van der Waals surface area (Å²) in [5.74, 6) is 0.171. The Morgan fingerprint density at radius 1 is 1.08 bits per heavy atom. The number of benzene rings is 1. The molecule has 2 saturated heterocycles. The molecule has 2 fully saturated rings. The molecule has 0 aromatic heterocycles. The number of fused-ring (bicyclic) bond motifs is 2. The van der Waals surface area contributed by atoms with Gasteiger partial charge < -0.3 is 15.1 Å². The summed E-state index contributed by atoms with van der Waals surface area (Å²) in [5, 5.41) is 3.47. The lowest BCUT2D eigenvalue weighted by atomic mass is 9.67. The van der Waals surface area contributed by atoms with Crippen LogP contribution in [0.3, 0.4) is 0 Å². The smallest absolute Gasteiger partial charge is 0.223 e. The number of carbonyl (C=O) groups is 1. The highest BCUT2D eigenvalue weighted by atomic mass is 16.2. The maximum absolute atomic E-state index is 12.0. The third-order valence-electron chi connectivity index (χ3n) is 6.54. The molecule has 1 aromatic carbocycles. The first kappa shape index (κ1) is 16.1. The van der Waals surface area contributed by atoms with Crippen molar-refractivity contribution in [2.75, 3.05) is 37.6 Å². The minimum atomic E-state index is 0.171. The molecule has 4 heteroatoms. The number of piperidine rings is 2. The van der Waals surface area contributed by atoms with Gasteiger partial charge in [0.25, 0.3) is 0 Å². The molecule has 0 saturated carbocycles. The fraction of sp³-hybridized carbons (Fsp3) is 0.650. The van der Waals surface area contributed by atoms with Gasteiger partial charge in [-0.3, -0.25) is 4.79 Å². The summed E-state index contributed by atoms with van der Waals surface area (Å²) in [5.41, 5.74) is 2.86. The summed E-state index contributed by atoms with van der Waals surface area (Å²) in [6.45, 7) is 7.32. The Labute approximate surface area is 145 Å². The van der Waals surface area contributed by atoms with E-state index in [1.165, 1.54) is 57.4 Å². The van der Waals surface area contributed by atoms with E-state index in [0.29, 0.717) is 0 Å². The van der Waals surface area contributed by atoms with Crippen LogP contribution in [0.15, 0.2) is 24.3 Å². The van der Waals surface area contributed by atoms with Crippen molar-refractivity contribution in [2.45, 2.75) is 50.5 Å². The van der Waals surface area contributed by atoms with Crippen LogP contribution in [0.2, 0.25) is 0 Å². The molecule has 3 heterocycles. The predicted molar refractivity (Wildman–Crippen MR) is 97.5 cm³/mol. The van der Waals surface area contributed by atoms with Crippen LogP contribution in [-0.4, -0.2) is 49.6 Å². The average molecular weight is 327 g/mol. The first-order valence-corrected chi connectivity index (χ1v) is 9.52. The Morgan fingerprint density at radius 3 is 2.46 bits per heavy atom. The number of hydrogen-bond donors (Lipinski definition) is 1. The van der Waals surface area contributed by atoms with E-state index in [0.717, 1.165) is 24.7 Å². The van der Waals surface area contributed by atoms with E-state index >= 15 is 0 Å². The van der Waals surface area contributed by atoms with E-state index in [9.17, 15) is 4.79 Å². The third-order valence-corrected chi connectivity index (χ3v) is 6.54. The molecule has 4 nitrogen and oxygen atoms in total. The first-order valence-electron chi connectivity index (χ1n) is 9.52. The van der Waals surface area contributed by atoms with Crippen LogP contribution >= 0.6 is 0 Å². The van der Waals surface area contributed by atoms with Gasteiger partial charge in [-0.05, 0) is 69.9 Å². The van der Waals surface area contributed by atoms with Gasteiger partial charge in [0.05, 0.1) is 0 Å². The molecule has 1 amide bonds. The van der Waals surface area contributed by atoms with E-state index in [4.69, 9.17) is 0 Å². The van der Waals surface area contributed by atoms with Gasteiger partial charge in [-0.25, -0.2) is 0 Å². The largest absolute Gasteiger partial charge is 0.317 e. The van der Waals surface area contributed by atoms with Crippen molar-refractivity contribution in [3.63, 3.8) is 0 Å². The fourth-order valence-electron chi connectivity index (χ4n) is 5.07. The number of para-hydroxylation sites is 1. The highest BCUT2D eigenvalue weighted by Crippen LogP contribution is 2.46. The second kappa shape index (κ2) is 6.49. The molecular weight excluding hydrogens is 298 g/mol. The molecular formula is C20H29N3O. The monoisotopic (exact) mass is 327 g/mol. The fourth-order valence-corrected chi connectivity index (χ4v) is 5.07. The molecule has 0 bridgehead atoms. The zero-order chi connectivity index (χ0) is 16.6. The molecule has 0 atom stereocenters. The second-order valence-corrected chi connectivity index (χ2v) is 7.74. The number of anilines is 1. The summed E-state index contributed by atoms with van der Waals surface area (Å²) in [7, 11) is 0. The number of hydrogen-bond acceptors (Lipinski definition) is 3. The lowest BCUT2D eigenvalue weighted by molar-refractivity contribution is -0.116. The second-order valence-electron chi connectivity index (χ2n) is 7.74. The third kappa shape index (κ3) is 2.76. The Balaban J connectivity index is 1.54. The molecule has 3 aliphatic rings. The Kier molecular flexibility index (Phi) is 4.35. The summed E-state index contributed by atoms with van der Waals surface area (Å²) >= 11 is 0. The highest BCUT2D eigenvalue weighted by Gasteiger charge is 2.42. The van der Waals surface area contributed by atoms with Crippen LogP contribution in [-0.2, 0) is 10.2 Å². The number of rotatable bonds is 1. The molecule has 0 unspecified atom stereocenters. The normalized spacial score (nSPS) is 24.8. The Bertz CT molecular complexity index is 601. The predicted octanol–water partition coefficient (Wildman–Crippen LogP) is 2.53. The van der Waals surface area contributed by atoms with Gasteiger partial charge in [0.2, 0.25) is 5.91 Å². The molecule has 0 radical (unpaired) electrons. The number of carbonyl (C=O) groups excluding carboxylic acids is 1. The molecule has 1 spiro atoms. The van der Waals surface area contributed by atoms with Crippen molar-refractivity contribution in [3.05, 3.63) is 29.8 Å². The van der Waals surface area contributed by atoms with Crippen LogP contribution in [0.5, 0.6) is 0 Å². The van der Waals surface area contributed by atoms with Crippen LogP contribution in [0.25, 0.3) is 0 Å². The zero-order valence-corrected chi connectivity index (χ0v) is 14.8. The van der Waals surface area contributed by atoms with Gasteiger partial charge in [0.1, 0.15) is 0 Å². The molecule has 24 heavy (non-hydrogen) atoms. The van der Waals surface area contributed by atoms with Crippen LogP contribution in [0, 0.1) is 0 Å². The minimum Gasteiger partial charge on any atom is -0.317 e. The van der Waals surface area contributed by atoms with Gasteiger partial charge in [-0.2, -0.15) is 0 Å². The summed E-state index contributed by atoms with van der Waals surface area (Å²) in [4.78, 5) is 16.7. The van der Waals surface area contributed by atoms with Crippen molar-refractivity contribution in [1.29, 1.82) is 0 Å². The van der Waals surface area contributed by atoms with Gasteiger partial charge in [0, 0.05) is 30.6 Å². The zero-order valence-electron chi connectivity index (χ0n) is 14.8. The molecule has 3 aliphatic heterocycles. The molecule has 1 aromatic rings. The van der Waals surface area contributed by atoms with Crippen molar-refractivity contribution in [3.8, 4) is 0 Å². The van der Waals surface area contributed by atoms with Crippen molar-refractivity contribution in [1.82, 2.24) is 10.2 Å². The maximum atomic E-state index is 12.0. The van der Waals surface area contributed by atoms with E-state index < -0.39 is 0 Å². The van der Waals surface area contributed by atoms with E-state index in [1.54, 1.807) is 6.92 Å². The van der Waals surface area contributed by atoms with Crippen molar-refractivity contribution < 1.29 is 4.79 Å². The van der Waals surface area contributed by atoms with E-state index in [1.807, 2.05) is 4.90 Å². The van der Waals surface area contributed by atoms with Crippen LogP contribution in [0.4, 0.5) is 5.69 Å². The first-order chi connectivity index (χ1) is 11.7. The standard InChI is InChI=1S/C20H29N3O/c1-16(24)23-15-10-20(18-4-2-3-5-19(18)23)8-13-22(14-9-20)17-6-11-21-12-7-17/h2-5,17,21H,6-15H2,1H3. The number of nitrogens with zero attached hydrogens (tertiary/aromatic N) is 2. The molecule has 4 rings (SSSR count). The molecule has 1 N–H and O–H groups in total. The lowest BCUT2D eigenvalue weighted by Gasteiger charge is -2.49. The average Bonchev–Trinajstić information content (AvgIpc) is 2.63. The summed E-state index contributed by atoms with van der Waals surface area (Å²) in [6, 6.07) is 9.39. The molecule has 130 valence electrons. The summed E-state index contributed by atoms with van der Waals surface area (Å²) < 4.78 is 0. The minimum absolute atomic E-state index is 0.171.